The Morgan fingerprint density at radius 1 is 0.909 bits per heavy atom. The van der Waals surface area contributed by atoms with E-state index in [1.807, 2.05) is 13.8 Å². The summed E-state index contributed by atoms with van der Waals surface area (Å²) in [6.07, 6.45) is -1.10. The lowest BCUT2D eigenvalue weighted by atomic mass is 9.44. The number of carbonyl (C=O) groups excluding carboxylic acids is 4. The summed E-state index contributed by atoms with van der Waals surface area (Å²) in [7, 11) is 1.62. The van der Waals surface area contributed by atoms with Crippen LogP contribution in [0.25, 0.3) is 0 Å². The molecule has 8 atom stereocenters. The number of aliphatic hydroxyl groups is 1. The fourth-order valence-electron chi connectivity index (χ4n) is 8.35. The maximum Gasteiger partial charge on any atom is 0.338 e. The molecule has 0 aromatic heterocycles. The Morgan fingerprint density at radius 3 is 2.16 bits per heavy atom. The molecule has 0 unspecified atom stereocenters. The molecule has 11 heteroatoms. The molecule has 1 aromatic rings. The Bertz CT molecular complexity index is 1230. The number of unbranched alkanes of at least 4 members (excludes halogenated alkanes) is 1. The zero-order valence-electron chi connectivity index (χ0n) is 26.8. The van der Waals surface area contributed by atoms with Crippen LogP contribution in [-0.4, -0.2) is 84.4 Å². The molecule has 1 heterocycles. The third kappa shape index (κ3) is 5.74. The van der Waals surface area contributed by atoms with E-state index >= 15 is 0 Å². The molecule has 44 heavy (non-hydrogen) atoms. The Balaban J connectivity index is 2.05. The van der Waals surface area contributed by atoms with Gasteiger partial charge in [-0.05, 0) is 58.6 Å². The fraction of sp³-hybridized carbons (Fsp3) is 0.697. The summed E-state index contributed by atoms with van der Waals surface area (Å²) in [5.41, 5.74) is -5.91. The van der Waals surface area contributed by atoms with Gasteiger partial charge in [-0.3, -0.25) is 14.4 Å². The predicted octanol–water partition coefficient (Wildman–Crippen LogP) is 3.78. The van der Waals surface area contributed by atoms with Gasteiger partial charge in [0.1, 0.15) is 30.3 Å². The molecule has 0 radical (unpaired) electrons. The molecule has 0 amide bonds. The van der Waals surface area contributed by atoms with Crippen molar-refractivity contribution in [3.63, 3.8) is 0 Å². The number of esters is 4. The van der Waals surface area contributed by atoms with Crippen molar-refractivity contribution in [2.45, 2.75) is 109 Å². The zero-order valence-corrected chi connectivity index (χ0v) is 26.8. The molecule has 1 aromatic carbocycles. The Morgan fingerprint density at radius 2 is 1.57 bits per heavy atom. The minimum absolute atomic E-state index is 0.102. The van der Waals surface area contributed by atoms with E-state index in [0.29, 0.717) is 31.4 Å². The monoisotopic (exact) mass is 618 g/mol. The standard InChI is InChI=1S/C33H46O11/c1-20(34)40-19-32-25(41-21(2)35)16-17-31(6,38)33(32)28(42-22(3)36)26(30(4,5)44-33)24(15-11-12-18-39-7)27(32)43-29(37)23-13-9-8-10-14-23/h8-10,13-14,24-28,38H,11-12,15-19H2,1-7H3/t24-,25+,26-,27-,28-,31+,32+,33+/m1/s1. The van der Waals surface area contributed by atoms with E-state index in [2.05, 4.69) is 0 Å². The second-order valence-electron chi connectivity index (χ2n) is 13.1. The van der Waals surface area contributed by atoms with Gasteiger partial charge < -0.3 is 33.5 Å². The van der Waals surface area contributed by atoms with Gasteiger partial charge >= 0.3 is 23.9 Å². The summed E-state index contributed by atoms with van der Waals surface area (Å²) < 4.78 is 36.6. The minimum Gasteiger partial charge on any atom is -0.465 e. The maximum absolute atomic E-state index is 13.9. The van der Waals surface area contributed by atoms with Crippen molar-refractivity contribution in [3.05, 3.63) is 35.9 Å². The van der Waals surface area contributed by atoms with Gasteiger partial charge in [-0.15, -0.1) is 0 Å². The molecular weight excluding hydrogens is 572 g/mol. The van der Waals surface area contributed by atoms with Gasteiger partial charge in [-0.2, -0.15) is 0 Å². The normalized spacial score (nSPS) is 35.2. The van der Waals surface area contributed by atoms with E-state index in [9.17, 15) is 24.3 Å². The van der Waals surface area contributed by atoms with Gasteiger partial charge in [0.05, 0.1) is 16.8 Å². The molecule has 1 spiro atoms. The van der Waals surface area contributed by atoms with Gasteiger partial charge in [-0.1, -0.05) is 24.6 Å². The number of carbonyl (C=O) groups is 4. The highest BCUT2D eigenvalue weighted by Gasteiger charge is 2.86. The van der Waals surface area contributed by atoms with Crippen LogP contribution < -0.4 is 0 Å². The molecule has 11 nitrogen and oxygen atoms in total. The van der Waals surface area contributed by atoms with Crippen molar-refractivity contribution >= 4 is 23.9 Å². The van der Waals surface area contributed by atoms with Crippen LogP contribution in [0.15, 0.2) is 30.3 Å². The molecule has 2 aliphatic carbocycles. The Kier molecular flexibility index (Phi) is 9.83. The molecule has 1 N–H and O–H groups in total. The van der Waals surface area contributed by atoms with E-state index in [1.165, 1.54) is 20.8 Å². The number of ether oxygens (including phenoxy) is 6. The first-order valence-electron chi connectivity index (χ1n) is 15.3. The van der Waals surface area contributed by atoms with Crippen LogP contribution in [0.5, 0.6) is 0 Å². The third-order valence-corrected chi connectivity index (χ3v) is 9.77. The third-order valence-electron chi connectivity index (χ3n) is 9.77. The van der Waals surface area contributed by atoms with Crippen LogP contribution in [0.4, 0.5) is 0 Å². The molecule has 2 saturated carbocycles. The molecule has 3 aliphatic rings. The zero-order chi connectivity index (χ0) is 32.5. The fourth-order valence-corrected chi connectivity index (χ4v) is 8.35. The highest BCUT2D eigenvalue weighted by atomic mass is 16.6. The lowest BCUT2D eigenvalue weighted by Crippen LogP contribution is -2.82. The molecule has 4 rings (SSSR count). The largest absolute Gasteiger partial charge is 0.465 e. The lowest BCUT2D eigenvalue weighted by molar-refractivity contribution is -0.346. The average Bonchev–Trinajstić information content (AvgIpc) is 3.13. The van der Waals surface area contributed by atoms with Crippen LogP contribution in [-0.2, 0) is 42.8 Å². The summed E-state index contributed by atoms with van der Waals surface area (Å²) in [6, 6.07) is 8.47. The SMILES string of the molecule is COCCCC[C@@H]1[C@@H]2[C@@H](OC(C)=O)[C@@]3(OC2(C)C)[C@@](COC(C)=O)([C@@H](OC(C)=O)CC[C@]3(C)O)[C@@H]1OC(=O)c1ccccc1. The van der Waals surface area contributed by atoms with Crippen LogP contribution >= 0.6 is 0 Å². The van der Waals surface area contributed by atoms with Gasteiger partial charge in [-0.25, -0.2) is 4.79 Å². The molecule has 1 saturated heterocycles. The van der Waals surface area contributed by atoms with Crippen molar-refractivity contribution in [2.75, 3.05) is 20.3 Å². The number of benzene rings is 1. The van der Waals surface area contributed by atoms with Gasteiger partial charge in [0.15, 0.2) is 5.60 Å². The number of hydrogen-bond donors (Lipinski definition) is 1. The smallest absolute Gasteiger partial charge is 0.338 e. The van der Waals surface area contributed by atoms with Crippen LogP contribution in [0.1, 0.15) is 84.0 Å². The molecule has 2 bridgehead atoms. The van der Waals surface area contributed by atoms with E-state index in [1.54, 1.807) is 44.4 Å². The minimum atomic E-state index is -1.81. The van der Waals surface area contributed by atoms with Crippen molar-refractivity contribution in [1.82, 2.24) is 0 Å². The highest BCUT2D eigenvalue weighted by molar-refractivity contribution is 5.89. The summed E-state index contributed by atoms with van der Waals surface area (Å²) in [5, 5.41) is 12.4. The van der Waals surface area contributed by atoms with Crippen LogP contribution in [0.2, 0.25) is 0 Å². The molecule has 1 aliphatic heterocycles. The average molecular weight is 619 g/mol. The van der Waals surface area contributed by atoms with E-state index < -0.39 is 82.8 Å². The molecule has 244 valence electrons. The summed E-state index contributed by atoms with van der Waals surface area (Å²) in [4.78, 5) is 51.8. The van der Waals surface area contributed by atoms with Crippen LogP contribution in [0.3, 0.4) is 0 Å². The van der Waals surface area contributed by atoms with Crippen molar-refractivity contribution in [1.29, 1.82) is 0 Å². The first-order valence-corrected chi connectivity index (χ1v) is 15.3. The number of rotatable bonds is 11. The van der Waals surface area contributed by atoms with Crippen molar-refractivity contribution < 1.29 is 52.7 Å². The Hall–Kier alpha value is -3.02. The highest BCUT2D eigenvalue weighted by Crippen LogP contribution is 2.70. The number of hydrogen-bond acceptors (Lipinski definition) is 11. The predicted molar refractivity (Wildman–Crippen MR) is 156 cm³/mol. The topological polar surface area (TPSA) is 144 Å². The number of fused-ring (bicyclic) bond motifs is 1. The second-order valence-corrected chi connectivity index (χ2v) is 13.1. The van der Waals surface area contributed by atoms with E-state index in [0.717, 1.165) is 0 Å². The van der Waals surface area contributed by atoms with Gasteiger partial charge in [0.25, 0.3) is 0 Å². The first-order chi connectivity index (χ1) is 20.6. The van der Waals surface area contributed by atoms with Crippen molar-refractivity contribution in [2.24, 2.45) is 17.3 Å². The summed E-state index contributed by atoms with van der Waals surface area (Å²) in [6.45, 7) is 9.16. The van der Waals surface area contributed by atoms with Gasteiger partial charge in [0.2, 0.25) is 0 Å². The maximum atomic E-state index is 13.9. The lowest BCUT2D eigenvalue weighted by Gasteiger charge is -2.66. The summed E-state index contributed by atoms with van der Waals surface area (Å²) in [5.74, 6) is -3.56. The number of methoxy groups -OCH3 is 1. The van der Waals surface area contributed by atoms with E-state index in [4.69, 9.17) is 28.4 Å². The Labute approximate surface area is 258 Å². The second kappa shape index (κ2) is 12.8. The van der Waals surface area contributed by atoms with Crippen LogP contribution in [0, 0.1) is 17.3 Å². The quantitative estimate of drug-likeness (QED) is 0.220. The van der Waals surface area contributed by atoms with Crippen molar-refractivity contribution in [3.8, 4) is 0 Å². The molecule has 3 fully saturated rings. The first kappa shape index (κ1) is 33.9. The molecular formula is C33H46O11. The van der Waals surface area contributed by atoms with E-state index in [-0.39, 0.29) is 12.8 Å². The summed E-state index contributed by atoms with van der Waals surface area (Å²) >= 11 is 0. The van der Waals surface area contributed by atoms with Gasteiger partial charge in [0, 0.05) is 46.3 Å².